The highest BCUT2D eigenvalue weighted by Crippen LogP contribution is 2.10. The molecule has 0 aromatic carbocycles. The molecule has 96 valence electrons. The van der Waals surface area contributed by atoms with Crippen molar-refractivity contribution >= 4 is 5.91 Å². The molecule has 0 aromatic heterocycles. The Balaban J connectivity index is 4.09. The first kappa shape index (κ1) is 15.4. The smallest absolute Gasteiger partial charge is 0.241 e. The molecule has 0 saturated carbocycles. The van der Waals surface area contributed by atoms with Gasteiger partial charge in [-0.2, -0.15) is 0 Å². The Morgan fingerprint density at radius 3 is 2.31 bits per heavy atom. The summed E-state index contributed by atoms with van der Waals surface area (Å²) >= 11 is 0. The molecule has 0 aliphatic carbocycles. The second-order valence-electron chi connectivity index (χ2n) is 5.37. The van der Waals surface area contributed by atoms with Crippen LogP contribution in [0.15, 0.2) is 0 Å². The van der Waals surface area contributed by atoms with Gasteiger partial charge in [-0.3, -0.25) is 4.79 Å². The Morgan fingerprint density at radius 1 is 1.31 bits per heavy atom. The predicted octanol–water partition coefficient (Wildman–Crippen LogP) is 2.41. The Morgan fingerprint density at radius 2 is 1.88 bits per heavy atom. The van der Waals surface area contributed by atoms with E-state index in [0.717, 1.165) is 6.42 Å². The molecular formula is C13H28N2O. The monoisotopic (exact) mass is 228 g/mol. The number of amides is 1. The molecule has 0 fully saturated rings. The fourth-order valence-corrected chi connectivity index (χ4v) is 2.01. The van der Waals surface area contributed by atoms with Gasteiger partial charge in [-0.05, 0) is 27.2 Å². The summed E-state index contributed by atoms with van der Waals surface area (Å²) in [5.74, 6) is 0.134. The summed E-state index contributed by atoms with van der Waals surface area (Å²) in [6, 6.07) is 0.394. The van der Waals surface area contributed by atoms with Crippen LogP contribution in [0.1, 0.15) is 53.4 Å². The van der Waals surface area contributed by atoms with E-state index in [1.807, 2.05) is 13.8 Å². The molecule has 1 N–H and O–H groups in total. The minimum atomic E-state index is -0.463. The van der Waals surface area contributed by atoms with E-state index in [9.17, 15) is 4.79 Å². The summed E-state index contributed by atoms with van der Waals surface area (Å²) in [6.45, 7) is 8.26. The normalized spacial score (nSPS) is 13.6. The molecule has 0 aliphatic rings. The van der Waals surface area contributed by atoms with Gasteiger partial charge in [0.25, 0.3) is 0 Å². The number of carbonyl (C=O) groups excluding carboxylic acids is 1. The standard InChI is InChI=1S/C13H28N2O/c1-7-8-9-10-11(2)14-13(3,4)12(16)15(5)6/h11,14H,7-10H2,1-6H3. The van der Waals surface area contributed by atoms with Crippen molar-refractivity contribution in [1.82, 2.24) is 10.2 Å². The molecule has 0 aromatic rings. The summed E-state index contributed by atoms with van der Waals surface area (Å²) in [5, 5.41) is 3.41. The Hall–Kier alpha value is -0.570. The second-order valence-corrected chi connectivity index (χ2v) is 5.37. The summed E-state index contributed by atoms with van der Waals surface area (Å²) in [5.41, 5.74) is -0.463. The molecule has 3 nitrogen and oxygen atoms in total. The fraction of sp³-hybridized carbons (Fsp3) is 0.923. The molecule has 1 atom stereocenters. The van der Waals surface area contributed by atoms with Crippen molar-refractivity contribution in [3.63, 3.8) is 0 Å². The van der Waals surface area contributed by atoms with E-state index < -0.39 is 5.54 Å². The van der Waals surface area contributed by atoms with Crippen molar-refractivity contribution in [2.24, 2.45) is 0 Å². The third-order valence-electron chi connectivity index (χ3n) is 2.79. The molecule has 1 unspecified atom stereocenters. The molecular weight excluding hydrogens is 200 g/mol. The highest BCUT2D eigenvalue weighted by molar-refractivity contribution is 5.85. The lowest BCUT2D eigenvalue weighted by molar-refractivity contribution is -0.134. The van der Waals surface area contributed by atoms with Gasteiger partial charge in [0.2, 0.25) is 5.91 Å². The summed E-state index contributed by atoms with van der Waals surface area (Å²) < 4.78 is 0. The fourth-order valence-electron chi connectivity index (χ4n) is 2.01. The highest BCUT2D eigenvalue weighted by atomic mass is 16.2. The van der Waals surface area contributed by atoms with Crippen molar-refractivity contribution in [3.8, 4) is 0 Å². The van der Waals surface area contributed by atoms with E-state index >= 15 is 0 Å². The van der Waals surface area contributed by atoms with Crippen LogP contribution in [0.4, 0.5) is 0 Å². The van der Waals surface area contributed by atoms with Crippen LogP contribution in [-0.2, 0) is 4.79 Å². The largest absolute Gasteiger partial charge is 0.347 e. The molecule has 0 heterocycles. The summed E-state index contributed by atoms with van der Waals surface area (Å²) in [7, 11) is 3.60. The summed E-state index contributed by atoms with van der Waals surface area (Å²) in [6.07, 6.45) is 4.88. The average molecular weight is 228 g/mol. The van der Waals surface area contributed by atoms with Gasteiger partial charge in [-0.15, -0.1) is 0 Å². The van der Waals surface area contributed by atoms with Crippen LogP contribution in [-0.4, -0.2) is 36.5 Å². The molecule has 0 saturated heterocycles. The predicted molar refractivity (Wildman–Crippen MR) is 69.5 cm³/mol. The van der Waals surface area contributed by atoms with Crippen molar-refractivity contribution in [1.29, 1.82) is 0 Å². The third-order valence-corrected chi connectivity index (χ3v) is 2.79. The molecule has 1 amide bonds. The molecule has 0 aliphatic heterocycles. The molecule has 0 spiro atoms. The van der Waals surface area contributed by atoms with Gasteiger partial charge in [0, 0.05) is 20.1 Å². The van der Waals surface area contributed by atoms with Crippen LogP contribution in [0, 0.1) is 0 Å². The molecule has 0 rings (SSSR count). The lowest BCUT2D eigenvalue weighted by atomic mass is 10.0. The molecule has 16 heavy (non-hydrogen) atoms. The van der Waals surface area contributed by atoms with Crippen LogP contribution in [0.2, 0.25) is 0 Å². The van der Waals surface area contributed by atoms with Crippen LogP contribution in [0.25, 0.3) is 0 Å². The number of rotatable bonds is 7. The van der Waals surface area contributed by atoms with Gasteiger partial charge < -0.3 is 10.2 Å². The Bertz CT molecular complexity index is 212. The SMILES string of the molecule is CCCCCC(C)NC(C)(C)C(=O)N(C)C. The van der Waals surface area contributed by atoms with E-state index in [2.05, 4.69) is 19.2 Å². The van der Waals surface area contributed by atoms with Gasteiger partial charge in [-0.25, -0.2) is 0 Å². The van der Waals surface area contributed by atoms with Crippen LogP contribution < -0.4 is 5.32 Å². The van der Waals surface area contributed by atoms with Gasteiger partial charge >= 0.3 is 0 Å². The summed E-state index contributed by atoms with van der Waals surface area (Å²) in [4.78, 5) is 13.5. The quantitative estimate of drug-likeness (QED) is 0.679. The zero-order chi connectivity index (χ0) is 12.8. The van der Waals surface area contributed by atoms with Gasteiger partial charge in [-0.1, -0.05) is 26.2 Å². The van der Waals surface area contributed by atoms with E-state index in [0.29, 0.717) is 6.04 Å². The number of hydrogen-bond acceptors (Lipinski definition) is 2. The number of unbranched alkanes of at least 4 members (excludes halogenated alkanes) is 2. The van der Waals surface area contributed by atoms with E-state index in [1.54, 1.807) is 19.0 Å². The lowest BCUT2D eigenvalue weighted by Gasteiger charge is -2.31. The maximum Gasteiger partial charge on any atom is 0.241 e. The first-order chi connectivity index (χ1) is 7.31. The number of hydrogen-bond donors (Lipinski definition) is 1. The average Bonchev–Trinajstić information content (AvgIpc) is 2.16. The first-order valence-electron chi connectivity index (χ1n) is 6.30. The van der Waals surface area contributed by atoms with Crippen LogP contribution in [0.5, 0.6) is 0 Å². The van der Waals surface area contributed by atoms with Crippen molar-refractivity contribution < 1.29 is 4.79 Å². The molecule has 0 bridgehead atoms. The number of nitrogens with zero attached hydrogens (tertiary/aromatic N) is 1. The Labute approximate surface area is 101 Å². The molecule has 3 heteroatoms. The van der Waals surface area contributed by atoms with Crippen molar-refractivity contribution in [2.75, 3.05) is 14.1 Å². The third kappa shape index (κ3) is 5.50. The number of nitrogens with one attached hydrogen (secondary N) is 1. The zero-order valence-corrected chi connectivity index (χ0v) is 11.8. The van der Waals surface area contributed by atoms with Gasteiger partial charge in [0.15, 0.2) is 0 Å². The van der Waals surface area contributed by atoms with Gasteiger partial charge in [0.1, 0.15) is 0 Å². The van der Waals surface area contributed by atoms with Crippen molar-refractivity contribution in [2.45, 2.75) is 65.0 Å². The first-order valence-corrected chi connectivity index (χ1v) is 6.30. The number of carbonyl (C=O) groups is 1. The Kier molecular flexibility index (Phi) is 6.65. The minimum absolute atomic E-state index is 0.134. The van der Waals surface area contributed by atoms with Crippen LogP contribution in [0.3, 0.4) is 0 Å². The van der Waals surface area contributed by atoms with Crippen LogP contribution >= 0.6 is 0 Å². The highest BCUT2D eigenvalue weighted by Gasteiger charge is 2.29. The molecule has 0 radical (unpaired) electrons. The number of likely N-dealkylation sites (N-methyl/N-ethyl adjacent to an activating group) is 1. The lowest BCUT2D eigenvalue weighted by Crippen LogP contribution is -2.54. The van der Waals surface area contributed by atoms with E-state index in [-0.39, 0.29) is 5.91 Å². The van der Waals surface area contributed by atoms with Gasteiger partial charge in [0.05, 0.1) is 5.54 Å². The van der Waals surface area contributed by atoms with E-state index in [4.69, 9.17) is 0 Å². The van der Waals surface area contributed by atoms with Crippen molar-refractivity contribution in [3.05, 3.63) is 0 Å². The maximum absolute atomic E-state index is 11.9. The second kappa shape index (κ2) is 6.89. The zero-order valence-electron chi connectivity index (χ0n) is 11.8. The van der Waals surface area contributed by atoms with E-state index in [1.165, 1.54) is 19.3 Å². The maximum atomic E-state index is 11.9. The topological polar surface area (TPSA) is 32.3 Å². The minimum Gasteiger partial charge on any atom is -0.347 e.